The minimum atomic E-state index is -0.657. The number of nitrogens with zero attached hydrogens (tertiary/aromatic N) is 1. The number of hydrogen-bond donors (Lipinski definition) is 3. The number of ether oxygens (including phenoxy) is 1. The van der Waals surface area contributed by atoms with E-state index in [0.717, 1.165) is 30.8 Å². The van der Waals surface area contributed by atoms with Crippen molar-refractivity contribution in [3.8, 4) is 0 Å². The van der Waals surface area contributed by atoms with E-state index in [1.54, 1.807) is 29.2 Å². The second kappa shape index (κ2) is 11.1. The van der Waals surface area contributed by atoms with E-state index < -0.39 is 6.04 Å². The van der Waals surface area contributed by atoms with E-state index in [2.05, 4.69) is 16.0 Å². The molecular formula is C28H29ClN4O3. The molecule has 1 unspecified atom stereocenters. The molecule has 1 saturated heterocycles. The van der Waals surface area contributed by atoms with Crippen molar-refractivity contribution in [1.29, 1.82) is 0 Å². The number of halogens is 1. The molecule has 5 rings (SSSR count). The lowest BCUT2D eigenvalue weighted by atomic mass is 10.0. The van der Waals surface area contributed by atoms with Crippen molar-refractivity contribution >= 4 is 34.9 Å². The average molecular weight is 505 g/mol. The van der Waals surface area contributed by atoms with Crippen LogP contribution in [0, 0.1) is 0 Å². The molecule has 2 aliphatic heterocycles. The predicted octanol–water partition coefficient (Wildman–Crippen LogP) is 4.82. The average Bonchev–Trinajstić information content (AvgIpc) is 3.34. The minimum Gasteiger partial charge on any atom is -0.372 e. The second-order valence-electron chi connectivity index (χ2n) is 9.16. The molecule has 2 aliphatic rings. The highest BCUT2D eigenvalue weighted by Crippen LogP contribution is 2.26. The first-order valence-corrected chi connectivity index (χ1v) is 12.5. The Morgan fingerprint density at radius 3 is 2.56 bits per heavy atom. The lowest BCUT2D eigenvalue weighted by Gasteiger charge is -2.24. The fourth-order valence-electron chi connectivity index (χ4n) is 4.69. The number of benzene rings is 3. The zero-order chi connectivity index (χ0) is 24.9. The summed E-state index contributed by atoms with van der Waals surface area (Å²) < 4.78 is 6.11. The van der Waals surface area contributed by atoms with Gasteiger partial charge in [-0.05, 0) is 66.1 Å². The van der Waals surface area contributed by atoms with Gasteiger partial charge in [0.05, 0.1) is 12.7 Å². The van der Waals surface area contributed by atoms with E-state index in [1.165, 1.54) is 11.1 Å². The fraction of sp³-hybridized carbons (Fsp3) is 0.286. The van der Waals surface area contributed by atoms with Crippen molar-refractivity contribution in [2.24, 2.45) is 0 Å². The van der Waals surface area contributed by atoms with Crippen LogP contribution in [0.1, 0.15) is 23.1 Å². The SMILES string of the molecule is O=C(Nc1ccc2c(c1)CCNC2)[C@H]1CC(OCc2ccccc2)CN1C(=O)Nc1ccc(Cl)cc1. The molecule has 2 heterocycles. The normalized spacial score (nSPS) is 19.0. The molecule has 186 valence electrons. The van der Waals surface area contributed by atoms with Crippen LogP contribution in [0.25, 0.3) is 0 Å². The maximum atomic E-state index is 13.4. The summed E-state index contributed by atoms with van der Waals surface area (Å²) in [5, 5.41) is 9.85. The molecule has 0 radical (unpaired) electrons. The molecule has 0 bridgehead atoms. The van der Waals surface area contributed by atoms with Gasteiger partial charge in [0, 0.05) is 35.9 Å². The van der Waals surface area contributed by atoms with Gasteiger partial charge in [-0.1, -0.05) is 48.0 Å². The smallest absolute Gasteiger partial charge is 0.322 e. The Morgan fingerprint density at radius 2 is 1.75 bits per heavy atom. The maximum Gasteiger partial charge on any atom is 0.322 e. The first-order valence-electron chi connectivity index (χ1n) is 12.2. The number of carbonyl (C=O) groups excluding carboxylic acids is 2. The lowest BCUT2D eigenvalue weighted by Crippen LogP contribution is -2.45. The molecule has 0 saturated carbocycles. The summed E-state index contributed by atoms with van der Waals surface area (Å²) in [5.41, 5.74) is 4.89. The Bertz CT molecular complexity index is 1220. The summed E-state index contributed by atoms with van der Waals surface area (Å²) in [6.07, 6.45) is 1.08. The van der Waals surface area contributed by atoms with Crippen molar-refractivity contribution in [2.45, 2.75) is 38.1 Å². The van der Waals surface area contributed by atoms with Crippen LogP contribution in [-0.4, -0.2) is 42.1 Å². The molecule has 3 aromatic carbocycles. The van der Waals surface area contributed by atoms with Gasteiger partial charge in [-0.2, -0.15) is 0 Å². The molecule has 0 spiro atoms. The Hall–Kier alpha value is -3.39. The highest BCUT2D eigenvalue weighted by Gasteiger charge is 2.40. The van der Waals surface area contributed by atoms with Gasteiger partial charge in [0.25, 0.3) is 0 Å². The van der Waals surface area contributed by atoms with Crippen LogP contribution in [0.2, 0.25) is 5.02 Å². The molecular weight excluding hydrogens is 476 g/mol. The molecule has 3 N–H and O–H groups in total. The quantitative estimate of drug-likeness (QED) is 0.449. The van der Waals surface area contributed by atoms with Crippen LogP contribution in [0.4, 0.5) is 16.2 Å². The molecule has 3 amide bonds. The van der Waals surface area contributed by atoms with Crippen molar-refractivity contribution in [1.82, 2.24) is 10.2 Å². The zero-order valence-corrected chi connectivity index (χ0v) is 20.6. The monoisotopic (exact) mass is 504 g/mol. The Labute approximate surface area is 215 Å². The lowest BCUT2D eigenvalue weighted by molar-refractivity contribution is -0.119. The summed E-state index contributed by atoms with van der Waals surface area (Å²) in [6, 6.07) is 21.8. The van der Waals surface area contributed by atoms with Crippen LogP contribution in [0.3, 0.4) is 0 Å². The molecule has 0 aliphatic carbocycles. The molecule has 2 atom stereocenters. The molecule has 7 nitrogen and oxygen atoms in total. The number of rotatable bonds is 6. The molecule has 8 heteroatoms. The third kappa shape index (κ3) is 5.87. The van der Waals surface area contributed by atoms with Gasteiger partial charge in [0.15, 0.2) is 0 Å². The zero-order valence-electron chi connectivity index (χ0n) is 19.9. The number of anilines is 2. The van der Waals surface area contributed by atoms with Gasteiger partial charge in [0.1, 0.15) is 6.04 Å². The first-order chi connectivity index (χ1) is 17.5. The van der Waals surface area contributed by atoms with E-state index in [4.69, 9.17) is 16.3 Å². The van der Waals surface area contributed by atoms with Crippen LogP contribution in [0.15, 0.2) is 72.8 Å². The molecule has 0 aromatic heterocycles. The number of nitrogens with one attached hydrogen (secondary N) is 3. The van der Waals surface area contributed by atoms with E-state index in [1.807, 2.05) is 48.5 Å². The van der Waals surface area contributed by atoms with Gasteiger partial charge < -0.3 is 25.6 Å². The highest BCUT2D eigenvalue weighted by molar-refractivity contribution is 6.30. The van der Waals surface area contributed by atoms with Gasteiger partial charge in [0.2, 0.25) is 5.91 Å². The number of urea groups is 1. The first kappa shape index (κ1) is 24.3. The summed E-state index contributed by atoms with van der Waals surface area (Å²) >= 11 is 5.97. The summed E-state index contributed by atoms with van der Waals surface area (Å²) in [5.74, 6) is -0.221. The van der Waals surface area contributed by atoms with Crippen molar-refractivity contribution < 1.29 is 14.3 Å². The fourth-order valence-corrected chi connectivity index (χ4v) is 4.81. The third-order valence-electron chi connectivity index (χ3n) is 6.61. The van der Waals surface area contributed by atoms with E-state index in [0.29, 0.717) is 30.3 Å². The van der Waals surface area contributed by atoms with E-state index in [-0.39, 0.29) is 18.0 Å². The Kier molecular flexibility index (Phi) is 7.51. The molecule has 1 fully saturated rings. The summed E-state index contributed by atoms with van der Waals surface area (Å²) in [4.78, 5) is 28.2. The number of carbonyl (C=O) groups is 2. The molecule has 3 aromatic rings. The van der Waals surface area contributed by atoms with Gasteiger partial charge in [-0.15, -0.1) is 0 Å². The van der Waals surface area contributed by atoms with Gasteiger partial charge in [-0.3, -0.25) is 4.79 Å². The third-order valence-corrected chi connectivity index (χ3v) is 6.86. The van der Waals surface area contributed by atoms with Gasteiger partial charge in [-0.25, -0.2) is 4.79 Å². The minimum absolute atomic E-state index is 0.221. The molecule has 36 heavy (non-hydrogen) atoms. The Morgan fingerprint density at radius 1 is 0.972 bits per heavy atom. The van der Waals surface area contributed by atoms with E-state index >= 15 is 0 Å². The Balaban J connectivity index is 1.30. The van der Waals surface area contributed by atoms with Crippen molar-refractivity contribution in [2.75, 3.05) is 23.7 Å². The predicted molar refractivity (Wildman–Crippen MR) is 141 cm³/mol. The number of likely N-dealkylation sites (tertiary alicyclic amines) is 1. The van der Waals surface area contributed by atoms with Crippen molar-refractivity contribution in [3.63, 3.8) is 0 Å². The van der Waals surface area contributed by atoms with Crippen LogP contribution >= 0.6 is 11.6 Å². The summed E-state index contributed by atoms with van der Waals surface area (Å²) in [7, 11) is 0. The van der Waals surface area contributed by atoms with E-state index in [9.17, 15) is 9.59 Å². The topological polar surface area (TPSA) is 82.7 Å². The number of fused-ring (bicyclic) bond motifs is 1. The van der Waals surface area contributed by atoms with Crippen LogP contribution in [0.5, 0.6) is 0 Å². The van der Waals surface area contributed by atoms with Crippen LogP contribution < -0.4 is 16.0 Å². The maximum absolute atomic E-state index is 13.4. The standard InChI is InChI=1S/C28H29ClN4O3/c29-22-7-10-23(11-8-22)32-28(35)33-17-25(36-18-19-4-2-1-3-5-19)15-26(33)27(34)31-24-9-6-21-16-30-13-12-20(21)14-24/h1-11,14,25-26,30H,12-13,15-18H2,(H,31,34)(H,32,35)/t25?,26-/m1/s1. The largest absolute Gasteiger partial charge is 0.372 e. The number of amides is 3. The van der Waals surface area contributed by atoms with Gasteiger partial charge >= 0.3 is 6.03 Å². The number of hydrogen-bond acceptors (Lipinski definition) is 4. The second-order valence-corrected chi connectivity index (χ2v) is 9.60. The highest BCUT2D eigenvalue weighted by atomic mass is 35.5. The van der Waals surface area contributed by atoms with Crippen LogP contribution in [-0.2, 0) is 29.1 Å². The van der Waals surface area contributed by atoms with Crippen molar-refractivity contribution in [3.05, 3.63) is 94.5 Å². The summed E-state index contributed by atoms with van der Waals surface area (Å²) in [6.45, 7) is 2.50.